The van der Waals surface area contributed by atoms with Crippen molar-refractivity contribution in [2.45, 2.75) is 72.6 Å². The second kappa shape index (κ2) is 12.1. The van der Waals surface area contributed by atoms with Crippen LogP contribution in [0, 0.1) is 0 Å². The third-order valence-corrected chi connectivity index (χ3v) is 5.58. The quantitative estimate of drug-likeness (QED) is 0.292. The van der Waals surface area contributed by atoms with E-state index in [2.05, 4.69) is 9.97 Å². The molecular weight excluding hydrogens is 452 g/mol. The van der Waals surface area contributed by atoms with E-state index < -0.39 is 17.2 Å². The fraction of sp³-hybridized carbons (Fsp3) is 0.480. The molecule has 0 aliphatic carbocycles. The van der Waals surface area contributed by atoms with Crippen LogP contribution in [0.15, 0.2) is 33.9 Å². The van der Waals surface area contributed by atoms with E-state index in [9.17, 15) is 19.2 Å². The van der Waals surface area contributed by atoms with E-state index in [1.807, 2.05) is 20.8 Å². The number of Topliss-reactive ketones (excluding diaryl/α,β-unsaturated/α-hetero) is 1. The van der Waals surface area contributed by atoms with Gasteiger partial charge >= 0.3 is 11.7 Å². The SMILES string of the molecule is CCCCn1c(=O)[nH]c(=O)c2c1nc(COC(=O)CCC(=O)c1ccc(OCCC)cc1)n2CC. The second-order valence-electron chi connectivity index (χ2n) is 8.17. The fourth-order valence-corrected chi connectivity index (χ4v) is 3.73. The molecule has 0 atom stereocenters. The first kappa shape index (κ1) is 25.9. The molecule has 0 saturated carbocycles. The minimum atomic E-state index is -0.548. The molecule has 3 rings (SSSR count). The smallest absolute Gasteiger partial charge is 0.330 e. The number of carbonyl (C=O) groups is 2. The Kier molecular flexibility index (Phi) is 8.99. The van der Waals surface area contributed by atoms with E-state index in [1.54, 1.807) is 28.8 Å². The van der Waals surface area contributed by atoms with Crippen LogP contribution < -0.4 is 16.0 Å². The maximum atomic E-state index is 12.5. The summed E-state index contributed by atoms with van der Waals surface area (Å²) in [6.45, 7) is 7.14. The van der Waals surface area contributed by atoms with Gasteiger partial charge in [0.05, 0.1) is 13.0 Å². The lowest BCUT2D eigenvalue weighted by atomic mass is 10.1. The number of rotatable bonds is 13. The van der Waals surface area contributed by atoms with Gasteiger partial charge in [-0.15, -0.1) is 0 Å². The summed E-state index contributed by atoms with van der Waals surface area (Å²) in [6, 6.07) is 6.83. The molecule has 0 aliphatic heterocycles. The van der Waals surface area contributed by atoms with Crippen LogP contribution >= 0.6 is 0 Å². The van der Waals surface area contributed by atoms with E-state index in [-0.39, 0.29) is 36.4 Å². The highest BCUT2D eigenvalue weighted by atomic mass is 16.5. The molecule has 2 heterocycles. The van der Waals surface area contributed by atoms with Crippen molar-refractivity contribution in [3.63, 3.8) is 0 Å². The maximum absolute atomic E-state index is 12.5. The Morgan fingerprint density at radius 1 is 1.00 bits per heavy atom. The van der Waals surface area contributed by atoms with Crippen LogP contribution in [0.2, 0.25) is 0 Å². The van der Waals surface area contributed by atoms with Crippen molar-refractivity contribution in [1.82, 2.24) is 19.1 Å². The van der Waals surface area contributed by atoms with Gasteiger partial charge in [-0.25, -0.2) is 9.78 Å². The number of imidazole rings is 1. The van der Waals surface area contributed by atoms with Crippen molar-refractivity contribution < 1.29 is 19.1 Å². The van der Waals surface area contributed by atoms with Gasteiger partial charge < -0.3 is 14.0 Å². The van der Waals surface area contributed by atoms with Crippen molar-refractivity contribution in [3.05, 3.63) is 56.5 Å². The number of hydrogen-bond acceptors (Lipinski definition) is 7. The van der Waals surface area contributed by atoms with E-state index in [4.69, 9.17) is 9.47 Å². The zero-order valence-electron chi connectivity index (χ0n) is 20.5. The highest BCUT2D eigenvalue weighted by molar-refractivity contribution is 5.97. The molecule has 0 spiro atoms. The van der Waals surface area contributed by atoms with Gasteiger partial charge in [0.1, 0.15) is 18.2 Å². The predicted octanol–water partition coefficient (Wildman–Crippen LogP) is 3.20. The number of fused-ring (bicyclic) bond motifs is 1. The number of esters is 1. The first-order valence-electron chi connectivity index (χ1n) is 12.0. The molecule has 0 bridgehead atoms. The van der Waals surface area contributed by atoms with Gasteiger partial charge in [-0.2, -0.15) is 0 Å². The lowest BCUT2D eigenvalue weighted by molar-refractivity contribution is -0.145. The van der Waals surface area contributed by atoms with Crippen LogP contribution in [-0.2, 0) is 29.2 Å². The molecule has 0 saturated heterocycles. The average molecular weight is 485 g/mol. The minimum Gasteiger partial charge on any atom is -0.494 e. The fourth-order valence-electron chi connectivity index (χ4n) is 3.73. The van der Waals surface area contributed by atoms with Crippen LogP contribution in [0.3, 0.4) is 0 Å². The number of aromatic nitrogens is 4. The largest absolute Gasteiger partial charge is 0.494 e. The maximum Gasteiger partial charge on any atom is 0.330 e. The van der Waals surface area contributed by atoms with E-state index in [1.165, 1.54) is 4.57 Å². The van der Waals surface area contributed by atoms with Crippen LogP contribution in [0.25, 0.3) is 11.2 Å². The molecule has 0 amide bonds. The zero-order valence-corrected chi connectivity index (χ0v) is 20.5. The molecule has 10 nitrogen and oxygen atoms in total. The number of ether oxygens (including phenoxy) is 2. The Balaban J connectivity index is 1.65. The number of ketones is 1. The van der Waals surface area contributed by atoms with Gasteiger partial charge in [-0.3, -0.25) is 23.9 Å². The topological polar surface area (TPSA) is 125 Å². The number of hydrogen-bond donors (Lipinski definition) is 1. The Bertz CT molecular complexity index is 1290. The van der Waals surface area contributed by atoms with Crippen molar-refractivity contribution >= 4 is 22.9 Å². The summed E-state index contributed by atoms with van der Waals surface area (Å²) in [5.41, 5.74) is 0.0150. The molecule has 3 aromatic rings. The predicted molar refractivity (Wildman–Crippen MR) is 131 cm³/mol. The van der Waals surface area contributed by atoms with Crippen LogP contribution in [0.5, 0.6) is 5.75 Å². The average Bonchev–Trinajstić information content (AvgIpc) is 3.23. The lowest BCUT2D eigenvalue weighted by Gasteiger charge is -2.08. The lowest BCUT2D eigenvalue weighted by Crippen LogP contribution is -2.31. The first-order valence-corrected chi connectivity index (χ1v) is 12.0. The van der Waals surface area contributed by atoms with Crippen molar-refractivity contribution in [2.75, 3.05) is 6.61 Å². The molecule has 1 aromatic carbocycles. The zero-order chi connectivity index (χ0) is 25.4. The third kappa shape index (κ3) is 6.26. The van der Waals surface area contributed by atoms with E-state index in [0.29, 0.717) is 36.8 Å². The van der Waals surface area contributed by atoms with E-state index >= 15 is 0 Å². The number of unbranched alkanes of at least 4 members (excludes halogenated alkanes) is 1. The van der Waals surface area contributed by atoms with Crippen molar-refractivity contribution in [1.29, 1.82) is 0 Å². The Hall–Kier alpha value is -3.69. The Morgan fingerprint density at radius 3 is 2.40 bits per heavy atom. The summed E-state index contributed by atoms with van der Waals surface area (Å²) in [5.74, 6) is 0.344. The summed E-state index contributed by atoms with van der Waals surface area (Å²) in [5, 5.41) is 0. The summed E-state index contributed by atoms with van der Waals surface area (Å²) >= 11 is 0. The summed E-state index contributed by atoms with van der Waals surface area (Å²) in [6.07, 6.45) is 2.45. The number of H-pyrrole nitrogens is 1. The number of carbonyl (C=O) groups excluding carboxylic acids is 2. The molecule has 10 heteroatoms. The molecule has 0 fully saturated rings. The highest BCUT2D eigenvalue weighted by Crippen LogP contribution is 2.16. The molecule has 35 heavy (non-hydrogen) atoms. The summed E-state index contributed by atoms with van der Waals surface area (Å²) in [4.78, 5) is 56.3. The number of nitrogens with zero attached hydrogens (tertiary/aromatic N) is 3. The van der Waals surface area contributed by atoms with Gasteiger partial charge in [0.25, 0.3) is 5.56 Å². The second-order valence-corrected chi connectivity index (χ2v) is 8.17. The minimum absolute atomic E-state index is 0.00835. The van der Waals surface area contributed by atoms with Crippen LogP contribution in [-0.4, -0.2) is 37.5 Å². The normalized spacial score (nSPS) is 11.1. The monoisotopic (exact) mass is 484 g/mol. The van der Waals surface area contributed by atoms with Gasteiger partial charge in [0.15, 0.2) is 16.9 Å². The number of benzene rings is 1. The van der Waals surface area contributed by atoms with Crippen molar-refractivity contribution in [2.24, 2.45) is 0 Å². The van der Waals surface area contributed by atoms with Crippen LogP contribution in [0.1, 0.15) is 69.1 Å². The van der Waals surface area contributed by atoms with Gasteiger partial charge in [-0.05, 0) is 44.0 Å². The Labute approximate surface area is 202 Å². The molecule has 188 valence electrons. The number of aryl methyl sites for hydroxylation is 2. The number of nitrogens with one attached hydrogen (secondary N) is 1. The summed E-state index contributed by atoms with van der Waals surface area (Å²) < 4.78 is 13.9. The molecular formula is C25H32N4O6. The number of aromatic amines is 1. The Morgan fingerprint density at radius 2 is 1.74 bits per heavy atom. The summed E-state index contributed by atoms with van der Waals surface area (Å²) in [7, 11) is 0. The first-order chi connectivity index (χ1) is 16.9. The van der Waals surface area contributed by atoms with Crippen LogP contribution in [0.4, 0.5) is 0 Å². The molecule has 0 unspecified atom stereocenters. The van der Waals surface area contributed by atoms with Gasteiger partial charge in [0.2, 0.25) is 0 Å². The van der Waals surface area contributed by atoms with Gasteiger partial charge in [0, 0.05) is 25.1 Å². The third-order valence-electron chi connectivity index (χ3n) is 5.58. The molecule has 0 radical (unpaired) electrons. The standard InChI is InChI=1S/C25H32N4O6/c1-4-7-14-29-23-22(24(32)27-25(29)33)28(6-3)20(26-23)16-35-21(31)13-12-19(30)17-8-10-18(11-9-17)34-15-5-2/h8-11H,4-7,12-16H2,1-3H3,(H,27,32,33). The van der Waals surface area contributed by atoms with Crippen molar-refractivity contribution in [3.8, 4) is 5.75 Å². The molecule has 1 N–H and O–H groups in total. The van der Waals surface area contributed by atoms with E-state index in [0.717, 1.165) is 19.3 Å². The van der Waals surface area contributed by atoms with Gasteiger partial charge in [-0.1, -0.05) is 20.3 Å². The molecule has 0 aliphatic rings. The molecule has 2 aromatic heterocycles. The highest BCUT2D eigenvalue weighted by Gasteiger charge is 2.19.